The number of benzene rings is 1. The van der Waals surface area contributed by atoms with E-state index in [1.807, 2.05) is 31.2 Å². The number of hydrogen-bond acceptors (Lipinski definition) is 3. The number of ether oxygens (including phenoxy) is 1. The summed E-state index contributed by atoms with van der Waals surface area (Å²) in [6.45, 7) is 2.56. The van der Waals surface area contributed by atoms with Crippen molar-refractivity contribution >= 4 is 5.91 Å². The lowest BCUT2D eigenvalue weighted by atomic mass is 10.0. The van der Waals surface area contributed by atoms with E-state index in [9.17, 15) is 4.79 Å². The predicted molar refractivity (Wildman–Crippen MR) is 70.3 cm³/mol. The number of rotatable bonds is 4. The quantitative estimate of drug-likeness (QED) is 0.853. The standard InChI is InChI=1S/C14H20N2O2/c1-10(15)6-7-14(17)16-12-8-9-18-13-5-3-2-4-11(12)13/h2-5,10,12H,6-9,15H2,1H3,(H,16,17). The second-order valence-corrected chi connectivity index (χ2v) is 4.81. The van der Waals surface area contributed by atoms with Crippen LogP contribution in [0, 0.1) is 0 Å². The maximum absolute atomic E-state index is 11.8. The van der Waals surface area contributed by atoms with Crippen molar-refractivity contribution in [1.29, 1.82) is 0 Å². The summed E-state index contributed by atoms with van der Waals surface area (Å²) < 4.78 is 5.56. The first-order valence-electron chi connectivity index (χ1n) is 6.43. The van der Waals surface area contributed by atoms with Gasteiger partial charge in [-0.05, 0) is 19.4 Å². The normalized spacial score (nSPS) is 19.6. The number of hydrogen-bond donors (Lipinski definition) is 2. The van der Waals surface area contributed by atoms with Crippen molar-refractivity contribution in [3.8, 4) is 5.75 Å². The molecule has 0 aliphatic carbocycles. The van der Waals surface area contributed by atoms with Crippen LogP contribution in [0.3, 0.4) is 0 Å². The number of carbonyl (C=O) groups excluding carboxylic acids is 1. The highest BCUT2D eigenvalue weighted by Crippen LogP contribution is 2.31. The smallest absolute Gasteiger partial charge is 0.220 e. The minimum Gasteiger partial charge on any atom is -0.493 e. The SMILES string of the molecule is CC(N)CCC(=O)NC1CCOc2ccccc21. The molecule has 1 aliphatic rings. The molecule has 3 N–H and O–H groups in total. The number of nitrogens with one attached hydrogen (secondary N) is 1. The van der Waals surface area contributed by atoms with E-state index in [2.05, 4.69) is 5.32 Å². The molecule has 4 heteroatoms. The Morgan fingerprint density at radius 2 is 2.33 bits per heavy atom. The zero-order chi connectivity index (χ0) is 13.0. The van der Waals surface area contributed by atoms with Gasteiger partial charge in [-0.25, -0.2) is 0 Å². The highest BCUT2D eigenvalue weighted by molar-refractivity contribution is 5.76. The summed E-state index contributed by atoms with van der Waals surface area (Å²) in [5.74, 6) is 0.940. The summed E-state index contributed by atoms with van der Waals surface area (Å²) in [6.07, 6.45) is 2.02. The van der Waals surface area contributed by atoms with Crippen LogP contribution in [0.25, 0.3) is 0 Å². The van der Waals surface area contributed by atoms with E-state index in [0.29, 0.717) is 13.0 Å². The Balaban J connectivity index is 1.96. The summed E-state index contributed by atoms with van der Waals surface area (Å²) in [4.78, 5) is 11.8. The van der Waals surface area contributed by atoms with Crippen LogP contribution >= 0.6 is 0 Å². The fourth-order valence-electron chi connectivity index (χ4n) is 2.12. The van der Waals surface area contributed by atoms with Gasteiger partial charge in [0.2, 0.25) is 5.91 Å². The molecular formula is C14H20N2O2. The van der Waals surface area contributed by atoms with E-state index in [-0.39, 0.29) is 18.0 Å². The molecule has 1 heterocycles. The maximum Gasteiger partial charge on any atom is 0.220 e. The lowest BCUT2D eigenvalue weighted by molar-refractivity contribution is -0.122. The van der Waals surface area contributed by atoms with Crippen molar-refractivity contribution in [2.75, 3.05) is 6.61 Å². The molecule has 98 valence electrons. The summed E-state index contributed by atoms with van der Waals surface area (Å²) in [5, 5.41) is 3.06. The van der Waals surface area contributed by atoms with Crippen molar-refractivity contribution in [2.45, 2.75) is 38.3 Å². The van der Waals surface area contributed by atoms with Gasteiger partial charge in [-0.1, -0.05) is 18.2 Å². The van der Waals surface area contributed by atoms with Crippen LogP contribution in [-0.4, -0.2) is 18.6 Å². The average molecular weight is 248 g/mol. The van der Waals surface area contributed by atoms with E-state index in [0.717, 1.165) is 24.2 Å². The molecule has 4 nitrogen and oxygen atoms in total. The molecule has 0 bridgehead atoms. The molecule has 1 aromatic carbocycles. The summed E-state index contributed by atoms with van der Waals surface area (Å²) >= 11 is 0. The van der Waals surface area contributed by atoms with Gasteiger partial charge in [-0.15, -0.1) is 0 Å². The van der Waals surface area contributed by atoms with Crippen LogP contribution in [0.5, 0.6) is 5.75 Å². The van der Waals surface area contributed by atoms with Crippen molar-refractivity contribution in [3.63, 3.8) is 0 Å². The third-order valence-electron chi connectivity index (χ3n) is 3.12. The molecule has 1 amide bonds. The minimum atomic E-state index is 0.0639. The molecule has 0 saturated carbocycles. The fourth-order valence-corrected chi connectivity index (χ4v) is 2.12. The van der Waals surface area contributed by atoms with Gasteiger partial charge >= 0.3 is 0 Å². The second-order valence-electron chi connectivity index (χ2n) is 4.81. The Morgan fingerprint density at radius 3 is 3.11 bits per heavy atom. The Hall–Kier alpha value is -1.55. The van der Waals surface area contributed by atoms with Crippen LogP contribution in [0.4, 0.5) is 0 Å². The molecule has 0 aromatic heterocycles. The largest absolute Gasteiger partial charge is 0.493 e. The topological polar surface area (TPSA) is 64.4 Å². The minimum absolute atomic E-state index is 0.0639. The van der Waals surface area contributed by atoms with Gasteiger partial charge in [0.1, 0.15) is 5.75 Å². The molecular weight excluding hydrogens is 228 g/mol. The highest BCUT2D eigenvalue weighted by Gasteiger charge is 2.22. The Labute approximate surface area is 108 Å². The Bertz CT molecular complexity index is 418. The van der Waals surface area contributed by atoms with E-state index >= 15 is 0 Å². The van der Waals surface area contributed by atoms with Crippen molar-refractivity contribution in [3.05, 3.63) is 29.8 Å². The van der Waals surface area contributed by atoms with Crippen LogP contribution < -0.4 is 15.8 Å². The summed E-state index contributed by atoms with van der Waals surface area (Å²) in [5.41, 5.74) is 6.72. The lowest BCUT2D eigenvalue weighted by Gasteiger charge is -2.26. The summed E-state index contributed by atoms with van der Waals surface area (Å²) in [6, 6.07) is 7.99. The zero-order valence-electron chi connectivity index (χ0n) is 10.7. The fraction of sp³-hybridized carbons (Fsp3) is 0.500. The van der Waals surface area contributed by atoms with Gasteiger partial charge in [0.25, 0.3) is 0 Å². The van der Waals surface area contributed by atoms with Crippen molar-refractivity contribution < 1.29 is 9.53 Å². The molecule has 0 spiro atoms. The zero-order valence-corrected chi connectivity index (χ0v) is 10.7. The van der Waals surface area contributed by atoms with Gasteiger partial charge in [-0.3, -0.25) is 4.79 Å². The highest BCUT2D eigenvalue weighted by atomic mass is 16.5. The van der Waals surface area contributed by atoms with Crippen molar-refractivity contribution in [2.24, 2.45) is 5.73 Å². The molecule has 2 atom stereocenters. The van der Waals surface area contributed by atoms with Gasteiger partial charge in [-0.2, -0.15) is 0 Å². The number of carbonyl (C=O) groups is 1. The van der Waals surface area contributed by atoms with E-state index in [1.54, 1.807) is 0 Å². The van der Waals surface area contributed by atoms with Gasteiger partial charge < -0.3 is 15.8 Å². The number of para-hydroxylation sites is 1. The van der Waals surface area contributed by atoms with E-state index < -0.39 is 0 Å². The van der Waals surface area contributed by atoms with E-state index in [1.165, 1.54) is 0 Å². The first kappa shape index (κ1) is 12.9. The maximum atomic E-state index is 11.8. The molecule has 1 aliphatic heterocycles. The van der Waals surface area contributed by atoms with Gasteiger partial charge in [0.15, 0.2) is 0 Å². The van der Waals surface area contributed by atoms with Crippen molar-refractivity contribution in [1.82, 2.24) is 5.32 Å². The third kappa shape index (κ3) is 3.23. The molecule has 18 heavy (non-hydrogen) atoms. The van der Waals surface area contributed by atoms with E-state index in [4.69, 9.17) is 10.5 Å². The first-order valence-corrected chi connectivity index (χ1v) is 6.43. The average Bonchev–Trinajstić information content (AvgIpc) is 2.37. The van der Waals surface area contributed by atoms with Crippen LogP contribution in [0.1, 0.15) is 37.8 Å². The van der Waals surface area contributed by atoms with Crippen LogP contribution in [0.2, 0.25) is 0 Å². The number of nitrogens with two attached hydrogens (primary N) is 1. The second kappa shape index (κ2) is 5.87. The molecule has 0 saturated heterocycles. The lowest BCUT2D eigenvalue weighted by Crippen LogP contribution is -2.32. The van der Waals surface area contributed by atoms with Gasteiger partial charge in [0.05, 0.1) is 12.6 Å². The molecule has 0 fully saturated rings. The predicted octanol–water partition coefficient (Wildman–Crippen LogP) is 1.75. The molecule has 2 rings (SSSR count). The number of amides is 1. The molecule has 0 radical (unpaired) electrons. The Morgan fingerprint density at radius 1 is 1.56 bits per heavy atom. The molecule has 1 aromatic rings. The number of fused-ring (bicyclic) bond motifs is 1. The van der Waals surface area contributed by atoms with Crippen LogP contribution in [0.15, 0.2) is 24.3 Å². The molecule has 2 unspecified atom stereocenters. The summed E-state index contributed by atoms with van der Waals surface area (Å²) in [7, 11) is 0. The third-order valence-corrected chi connectivity index (χ3v) is 3.12. The van der Waals surface area contributed by atoms with Gasteiger partial charge in [0, 0.05) is 24.4 Å². The monoisotopic (exact) mass is 248 g/mol. The van der Waals surface area contributed by atoms with Crippen LogP contribution in [-0.2, 0) is 4.79 Å². The first-order chi connectivity index (χ1) is 8.66. The Kier molecular flexibility index (Phi) is 4.20.